The van der Waals surface area contributed by atoms with E-state index in [-0.39, 0.29) is 11.5 Å². The lowest BCUT2D eigenvalue weighted by Crippen LogP contribution is -2.26. The Morgan fingerprint density at radius 3 is 2.53 bits per heavy atom. The van der Waals surface area contributed by atoms with Crippen LogP contribution in [-0.2, 0) is 0 Å². The van der Waals surface area contributed by atoms with E-state index in [1.54, 1.807) is 12.1 Å². The quantitative estimate of drug-likeness (QED) is 0.897. The van der Waals surface area contributed by atoms with Crippen LogP contribution in [0.5, 0.6) is 5.88 Å². The average molecular weight is 263 g/mol. The lowest BCUT2D eigenvalue weighted by molar-refractivity contribution is 0.253. The molecule has 2 rings (SSSR count). The number of hydrogen-bond acceptors (Lipinski definition) is 7. The Morgan fingerprint density at radius 2 is 2.00 bits per heavy atom. The van der Waals surface area contributed by atoms with Crippen LogP contribution in [0.4, 0.5) is 0 Å². The Morgan fingerprint density at radius 1 is 1.26 bits per heavy atom. The molecule has 2 aromatic heterocycles. The highest BCUT2D eigenvalue weighted by Crippen LogP contribution is 2.30. The third-order valence-corrected chi connectivity index (χ3v) is 2.72. The zero-order chi connectivity index (χ0) is 14.0. The number of rotatable bonds is 3. The Kier molecular flexibility index (Phi) is 3.48. The normalized spacial score (nSPS) is 13.3. The van der Waals surface area contributed by atoms with Gasteiger partial charge >= 0.3 is 0 Å². The third-order valence-electron chi connectivity index (χ3n) is 2.72. The molecule has 0 aliphatic rings. The molecule has 0 fully saturated rings. The fourth-order valence-electron chi connectivity index (χ4n) is 1.38. The molecule has 0 saturated carbocycles. The Labute approximate surface area is 111 Å². The molecule has 0 aliphatic heterocycles. The van der Waals surface area contributed by atoms with Crippen molar-refractivity contribution in [2.45, 2.75) is 26.8 Å². The van der Waals surface area contributed by atoms with Crippen LogP contribution in [-0.4, -0.2) is 27.4 Å². The van der Waals surface area contributed by atoms with E-state index in [2.05, 4.69) is 20.3 Å². The molecule has 0 saturated heterocycles. The molecule has 0 aliphatic carbocycles. The SMILES string of the molecule is COc1ccc(-c2noc([C@@H](N)C(C)(C)C)n2)nn1. The number of hydrogen-bond donors (Lipinski definition) is 1. The molecule has 0 spiro atoms. The van der Waals surface area contributed by atoms with E-state index >= 15 is 0 Å². The molecular weight excluding hydrogens is 246 g/mol. The highest BCUT2D eigenvalue weighted by molar-refractivity contribution is 5.47. The van der Waals surface area contributed by atoms with Gasteiger partial charge in [0.1, 0.15) is 5.69 Å². The minimum atomic E-state index is -0.333. The molecule has 2 N–H and O–H groups in total. The predicted molar refractivity (Wildman–Crippen MR) is 68.3 cm³/mol. The molecule has 0 aromatic carbocycles. The lowest BCUT2D eigenvalue weighted by Gasteiger charge is -2.23. The van der Waals surface area contributed by atoms with Crippen LogP contribution in [0.3, 0.4) is 0 Å². The maximum Gasteiger partial charge on any atom is 0.244 e. The maximum atomic E-state index is 6.06. The smallest absolute Gasteiger partial charge is 0.244 e. The molecule has 7 nitrogen and oxygen atoms in total. The number of methoxy groups -OCH3 is 1. The fraction of sp³-hybridized carbons (Fsp3) is 0.500. The minimum absolute atomic E-state index is 0.157. The topological polar surface area (TPSA) is 100.0 Å². The summed E-state index contributed by atoms with van der Waals surface area (Å²) in [6, 6.07) is 3.06. The Bertz CT molecular complexity index is 544. The van der Waals surface area contributed by atoms with Crippen LogP contribution in [0.1, 0.15) is 32.7 Å². The van der Waals surface area contributed by atoms with E-state index in [0.717, 1.165) is 0 Å². The first-order chi connectivity index (χ1) is 8.91. The number of nitrogens with two attached hydrogens (primary N) is 1. The van der Waals surface area contributed by atoms with Gasteiger partial charge in [0.05, 0.1) is 13.2 Å². The molecule has 0 unspecified atom stereocenters. The first kappa shape index (κ1) is 13.4. The molecule has 102 valence electrons. The standard InChI is InChI=1S/C12H17N5O2/c1-12(2,3)9(13)11-14-10(17-19-11)7-5-6-8(18-4)16-15-7/h5-6,9H,13H2,1-4H3/t9-/m1/s1. The van der Waals surface area contributed by atoms with Crippen molar-refractivity contribution >= 4 is 0 Å². The molecular formula is C12H17N5O2. The van der Waals surface area contributed by atoms with Gasteiger partial charge in [-0.3, -0.25) is 0 Å². The lowest BCUT2D eigenvalue weighted by atomic mass is 9.87. The molecule has 0 amide bonds. The maximum absolute atomic E-state index is 6.06. The van der Waals surface area contributed by atoms with E-state index in [4.69, 9.17) is 15.0 Å². The van der Waals surface area contributed by atoms with E-state index in [1.165, 1.54) is 7.11 Å². The second kappa shape index (κ2) is 4.93. The van der Waals surface area contributed by atoms with Gasteiger partial charge in [-0.25, -0.2) is 0 Å². The van der Waals surface area contributed by atoms with Gasteiger partial charge in [-0.05, 0) is 11.5 Å². The second-order valence-electron chi connectivity index (χ2n) is 5.26. The first-order valence-electron chi connectivity index (χ1n) is 5.89. The molecule has 1 atom stereocenters. The van der Waals surface area contributed by atoms with E-state index in [0.29, 0.717) is 23.3 Å². The summed E-state index contributed by atoms with van der Waals surface area (Å²) in [5, 5.41) is 11.7. The minimum Gasteiger partial charge on any atom is -0.480 e. The van der Waals surface area contributed by atoms with Crippen LogP contribution in [0.15, 0.2) is 16.7 Å². The summed E-state index contributed by atoms with van der Waals surface area (Å²) in [5.74, 6) is 1.18. The number of aromatic nitrogens is 4. The molecule has 7 heteroatoms. The van der Waals surface area contributed by atoms with Crippen LogP contribution in [0, 0.1) is 5.41 Å². The van der Waals surface area contributed by atoms with Crippen molar-refractivity contribution in [3.05, 3.63) is 18.0 Å². The van der Waals surface area contributed by atoms with Crippen molar-refractivity contribution in [3.8, 4) is 17.4 Å². The van der Waals surface area contributed by atoms with Gasteiger partial charge in [0.25, 0.3) is 0 Å². The highest BCUT2D eigenvalue weighted by Gasteiger charge is 2.27. The van der Waals surface area contributed by atoms with Crippen LogP contribution < -0.4 is 10.5 Å². The van der Waals surface area contributed by atoms with Crippen molar-refractivity contribution in [1.82, 2.24) is 20.3 Å². The van der Waals surface area contributed by atoms with Gasteiger partial charge in [-0.15, -0.1) is 10.2 Å². The summed E-state index contributed by atoms with van der Waals surface area (Å²) < 4.78 is 10.1. The van der Waals surface area contributed by atoms with E-state index < -0.39 is 0 Å². The predicted octanol–water partition coefficient (Wildman–Crippen LogP) is 1.58. The van der Waals surface area contributed by atoms with E-state index in [9.17, 15) is 0 Å². The Hall–Kier alpha value is -2.02. The van der Waals surface area contributed by atoms with Crippen molar-refractivity contribution in [2.24, 2.45) is 11.1 Å². The van der Waals surface area contributed by atoms with Gasteiger partial charge in [0, 0.05) is 6.07 Å². The van der Waals surface area contributed by atoms with Gasteiger partial charge < -0.3 is 15.0 Å². The van der Waals surface area contributed by atoms with Crippen LogP contribution >= 0.6 is 0 Å². The van der Waals surface area contributed by atoms with Crippen LogP contribution in [0.25, 0.3) is 11.5 Å². The summed E-state index contributed by atoms with van der Waals surface area (Å²) in [6.07, 6.45) is 0. The largest absolute Gasteiger partial charge is 0.480 e. The fourth-order valence-corrected chi connectivity index (χ4v) is 1.38. The van der Waals surface area contributed by atoms with Gasteiger partial charge in [0.15, 0.2) is 0 Å². The van der Waals surface area contributed by atoms with Gasteiger partial charge in [-0.1, -0.05) is 25.9 Å². The number of ether oxygens (including phenoxy) is 1. The van der Waals surface area contributed by atoms with Crippen molar-refractivity contribution in [3.63, 3.8) is 0 Å². The van der Waals surface area contributed by atoms with E-state index in [1.807, 2.05) is 20.8 Å². The summed E-state index contributed by atoms with van der Waals surface area (Å²) in [6.45, 7) is 6.03. The molecule has 19 heavy (non-hydrogen) atoms. The molecule has 2 aromatic rings. The zero-order valence-corrected chi connectivity index (χ0v) is 11.4. The third kappa shape index (κ3) is 2.87. The van der Waals surface area contributed by atoms with Gasteiger partial charge in [-0.2, -0.15) is 4.98 Å². The molecule has 2 heterocycles. The summed E-state index contributed by atoms with van der Waals surface area (Å²) >= 11 is 0. The van der Waals surface area contributed by atoms with Crippen molar-refractivity contribution in [1.29, 1.82) is 0 Å². The number of nitrogens with zero attached hydrogens (tertiary/aromatic N) is 4. The zero-order valence-electron chi connectivity index (χ0n) is 11.4. The summed E-state index contributed by atoms with van der Waals surface area (Å²) in [7, 11) is 1.53. The summed E-state index contributed by atoms with van der Waals surface area (Å²) in [4.78, 5) is 4.26. The summed E-state index contributed by atoms with van der Waals surface area (Å²) in [5.41, 5.74) is 6.41. The molecule has 0 bridgehead atoms. The second-order valence-corrected chi connectivity index (χ2v) is 5.26. The Balaban J connectivity index is 2.25. The monoisotopic (exact) mass is 263 g/mol. The van der Waals surface area contributed by atoms with Gasteiger partial charge in [0.2, 0.25) is 17.6 Å². The van der Waals surface area contributed by atoms with Crippen molar-refractivity contribution in [2.75, 3.05) is 7.11 Å². The van der Waals surface area contributed by atoms with Crippen LogP contribution in [0.2, 0.25) is 0 Å². The molecule has 0 radical (unpaired) electrons. The average Bonchev–Trinajstić information content (AvgIpc) is 2.86. The highest BCUT2D eigenvalue weighted by atomic mass is 16.5. The first-order valence-corrected chi connectivity index (χ1v) is 5.89. The van der Waals surface area contributed by atoms with Crippen molar-refractivity contribution < 1.29 is 9.26 Å².